The molecule has 0 saturated carbocycles. The molecule has 0 aliphatic carbocycles. The molecule has 0 spiro atoms. The zero-order chi connectivity index (χ0) is 12.4. The Balaban J connectivity index is 2.42. The van der Waals surface area contributed by atoms with E-state index in [-0.39, 0.29) is 12.3 Å². The van der Waals surface area contributed by atoms with Gasteiger partial charge in [0, 0.05) is 12.4 Å². The molecule has 7 nitrogen and oxygen atoms in total. The molecule has 0 bridgehead atoms. The Bertz CT molecular complexity index is 590. The van der Waals surface area contributed by atoms with Gasteiger partial charge in [0.2, 0.25) is 0 Å². The lowest BCUT2D eigenvalue weighted by Crippen LogP contribution is -2.20. The van der Waals surface area contributed by atoms with E-state index in [0.29, 0.717) is 11.4 Å². The molecular weight excluding hydrogens is 226 g/mol. The van der Waals surface area contributed by atoms with E-state index in [1.165, 1.54) is 10.6 Å². The zero-order valence-electron chi connectivity index (χ0n) is 8.66. The molecule has 0 atom stereocenters. The number of nitrogens with two attached hydrogens (primary N) is 1. The fourth-order valence-electron chi connectivity index (χ4n) is 1.35. The zero-order valence-corrected chi connectivity index (χ0v) is 8.66. The number of aromatic carboxylic acids is 1. The molecule has 0 fully saturated rings. The van der Waals surface area contributed by atoms with E-state index >= 15 is 0 Å². The SMILES string of the molecule is NC(=O)COc1cccn2cc(C(=O)O)nc12. The van der Waals surface area contributed by atoms with Crippen LogP contribution in [0.4, 0.5) is 0 Å². The largest absolute Gasteiger partial charge is 0.480 e. The third kappa shape index (κ3) is 2.17. The van der Waals surface area contributed by atoms with Gasteiger partial charge in [-0.15, -0.1) is 0 Å². The second-order valence-corrected chi connectivity index (χ2v) is 3.29. The Morgan fingerprint density at radius 3 is 2.94 bits per heavy atom. The summed E-state index contributed by atoms with van der Waals surface area (Å²) in [4.78, 5) is 25.2. The number of amides is 1. The summed E-state index contributed by atoms with van der Waals surface area (Å²) < 4.78 is 6.62. The number of hydrogen-bond donors (Lipinski definition) is 2. The average Bonchev–Trinajstić information content (AvgIpc) is 2.70. The summed E-state index contributed by atoms with van der Waals surface area (Å²) in [6.07, 6.45) is 2.99. The predicted molar refractivity (Wildman–Crippen MR) is 56.8 cm³/mol. The summed E-state index contributed by atoms with van der Waals surface area (Å²) in [5.41, 5.74) is 5.18. The van der Waals surface area contributed by atoms with Gasteiger partial charge in [-0.2, -0.15) is 0 Å². The topological polar surface area (TPSA) is 107 Å². The third-order valence-corrected chi connectivity index (χ3v) is 2.04. The molecule has 1 amide bonds. The molecule has 2 aromatic rings. The fraction of sp³-hybridized carbons (Fsp3) is 0.100. The van der Waals surface area contributed by atoms with Crippen molar-refractivity contribution in [3.8, 4) is 5.75 Å². The van der Waals surface area contributed by atoms with E-state index in [9.17, 15) is 9.59 Å². The summed E-state index contributed by atoms with van der Waals surface area (Å²) in [5.74, 6) is -1.44. The smallest absolute Gasteiger partial charge is 0.356 e. The number of carboxylic acid groups (broad SMARTS) is 1. The number of rotatable bonds is 4. The number of carbonyl (C=O) groups excluding carboxylic acids is 1. The summed E-state index contributed by atoms with van der Waals surface area (Å²) in [6, 6.07) is 3.23. The minimum Gasteiger partial charge on any atom is -0.480 e. The van der Waals surface area contributed by atoms with Crippen molar-refractivity contribution < 1.29 is 19.4 Å². The number of pyridine rings is 1. The molecule has 0 aliphatic heterocycles. The molecule has 2 heterocycles. The number of aromatic nitrogens is 2. The quantitative estimate of drug-likeness (QED) is 0.769. The van der Waals surface area contributed by atoms with Crippen LogP contribution in [0.3, 0.4) is 0 Å². The molecule has 7 heteroatoms. The van der Waals surface area contributed by atoms with E-state index in [1.54, 1.807) is 18.3 Å². The highest BCUT2D eigenvalue weighted by Gasteiger charge is 2.12. The predicted octanol–water partition coefficient (Wildman–Crippen LogP) is -0.103. The maximum Gasteiger partial charge on any atom is 0.356 e. The number of imidazole rings is 1. The first-order valence-corrected chi connectivity index (χ1v) is 4.70. The lowest BCUT2D eigenvalue weighted by atomic mass is 10.4. The van der Waals surface area contributed by atoms with Crippen molar-refractivity contribution in [2.75, 3.05) is 6.61 Å². The molecule has 0 aliphatic rings. The van der Waals surface area contributed by atoms with Gasteiger partial charge in [-0.25, -0.2) is 9.78 Å². The minimum atomic E-state index is -1.13. The van der Waals surface area contributed by atoms with Gasteiger partial charge in [0.05, 0.1) is 0 Å². The Morgan fingerprint density at radius 2 is 2.29 bits per heavy atom. The summed E-state index contributed by atoms with van der Waals surface area (Å²) in [7, 11) is 0. The molecule has 0 unspecified atom stereocenters. The minimum absolute atomic E-state index is 0.0971. The second-order valence-electron chi connectivity index (χ2n) is 3.29. The van der Waals surface area contributed by atoms with Crippen LogP contribution in [0.15, 0.2) is 24.5 Å². The van der Waals surface area contributed by atoms with Gasteiger partial charge in [0.15, 0.2) is 23.7 Å². The van der Waals surface area contributed by atoms with Crippen molar-refractivity contribution in [2.45, 2.75) is 0 Å². The summed E-state index contributed by atoms with van der Waals surface area (Å²) >= 11 is 0. The molecule has 0 saturated heterocycles. The van der Waals surface area contributed by atoms with Crippen LogP contribution >= 0.6 is 0 Å². The van der Waals surface area contributed by atoms with Crippen LogP contribution < -0.4 is 10.5 Å². The van der Waals surface area contributed by atoms with Crippen molar-refractivity contribution in [2.24, 2.45) is 5.73 Å². The first-order chi connectivity index (χ1) is 8.08. The van der Waals surface area contributed by atoms with Gasteiger partial charge < -0.3 is 20.0 Å². The van der Waals surface area contributed by atoms with Crippen molar-refractivity contribution in [1.82, 2.24) is 9.38 Å². The number of nitrogens with zero attached hydrogens (tertiary/aromatic N) is 2. The summed E-state index contributed by atoms with van der Waals surface area (Å²) in [5, 5.41) is 8.80. The first kappa shape index (κ1) is 10.9. The number of carbonyl (C=O) groups is 2. The lowest BCUT2D eigenvalue weighted by molar-refractivity contribution is -0.119. The van der Waals surface area contributed by atoms with Crippen LogP contribution in [-0.4, -0.2) is 33.0 Å². The molecule has 0 radical (unpaired) electrons. The number of hydrogen-bond acceptors (Lipinski definition) is 4. The van der Waals surface area contributed by atoms with Gasteiger partial charge in [0.1, 0.15) is 0 Å². The molecule has 2 aromatic heterocycles. The number of fused-ring (bicyclic) bond motifs is 1. The van der Waals surface area contributed by atoms with Crippen molar-refractivity contribution in [1.29, 1.82) is 0 Å². The van der Waals surface area contributed by atoms with Crippen LogP contribution in [-0.2, 0) is 4.79 Å². The van der Waals surface area contributed by atoms with E-state index in [4.69, 9.17) is 15.6 Å². The van der Waals surface area contributed by atoms with Gasteiger partial charge in [-0.1, -0.05) is 0 Å². The Morgan fingerprint density at radius 1 is 1.53 bits per heavy atom. The van der Waals surface area contributed by atoms with Crippen molar-refractivity contribution >= 4 is 17.5 Å². The molecule has 17 heavy (non-hydrogen) atoms. The number of ether oxygens (including phenoxy) is 1. The van der Waals surface area contributed by atoms with Gasteiger partial charge in [0.25, 0.3) is 5.91 Å². The Labute approximate surface area is 95.4 Å². The summed E-state index contributed by atoms with van der Waals surface area (Å²) in [6.45, 7) is -0.283. The first-order valence-electron chi connectivity index (χ1n) is 4.70. The van der Waals surface area contributed by atoms with E-state index in [1.807, 2.05) is 0 Å². The van der Waals surface area contributed by atoms with Crippen LogP contribution in [0.25, 0.3) is 5.65 Å². The highest BCUT2D eigenvalue weighted by atomic mass is 16.5. The highest BCUT2D eigenvalue weighted by Crippen LogP contribution is 2.18. The van der Waals surface area contributed by atoms with E-state index in [0.717, 1.165) is 0 Å². The monoisotopic (exact) mass is 235 g/mol. The lowest BCUT2D eigenvalue weighted by Gasteiger charge is -2.04. The number of primary amides is 1. The maximum atomic E-state index is 10.8. The van der Waals surface area contributed by atoms with Gasteiger partial charge in [-0.05, 0) is 12.1 Å². The highest BCUT2D eigenvalue weighted by molar-refractivity contribution is 5.86. The van der Waals surface area contributed by atoms with Crippen LogP contribution in [0.5, 0.6) is 5.75 Å². The normalized spacial score (nSPS) is 10.4. The molecular formula is C10H9N3O4. The maximum absolute atomic E-state index is 10.8. The Hall–Kier alpha value is -2.57. The van der Waals surface area contributed by atoms with Crippen molar-refractivity contribution in [3.05, 3.63) is 30.2 Å². The van der Waals surface area contributed by atoms with E-state index in [2.05, 4.69) is 4.98 Å². The third-order valence-electron chi connectivity index (χ3n) is 2.04. The van der Waals surface area contributed by atoms with Crippen LogP contribution in [0, 0.1) is 0 Å². The molecule has 88 valence electrons. The Kier molecular flexibility index (Phi) is 2.65. The van der Waals surface area contributed by atoms with Gasteiger partial charge >= 0.3 is 5.97 Å². The van der Waals surface area contributed by atoms with Crippen LogP contribution in [0.1, 0.15) is 10.5 Å². The fourth-order valence-corrected chi connectivity index (χ4v) is 1.35. The number of carboxylic acids is 1. The standard InChI is InChI=1S/C10H9N3O4/c11-8(14)5-17-7-2-1-3-13-4-6(10(15)16)12-9(7)13/h1-4H,5H2,(H2,11,14)(H,15,16). The second kappa shape index (κ2) is 4.12. The molecule has 2 rings (SSSR count). The van der Waals surface area contributed by atoms with Crippen LogP contribution in [0.2, 0.25) is 0 Å². The average molecular weight is 235 g/mol. The molecule has 0 aromatic carbocycles. The van der Waals surface area contributed by atoms with E-state index < -0.39 is 11.9 Å². The molecule has 3 N–H and O–H groups in total. The van der Waals surface area contributed by atoms with Crippen molar-refractivity contribution in [3.63, 3.8) is 0 Å². The van der Waals surface area contributed by atoms with Gasteiger partial charge in [-0.3, -0.25) is 4.79 Å².